The van der Waals surface area contributed by atoms with Crippen LogP contribution in [0.25, 0.3) is 0 Å². The molecule has 2 aromatic carbocycles. The van der Waals surface area contributed by atoms with Crippen LogP contribution in [0.5, 0.6) is 5.75 Å². The van der Waals surface area contributed by atoms with Crippen molar-refractivity contribution in [3.05, 3.63) is 60.2 Å². The van der Waals surface area contributed by atoms with E-state index in [0.717, 1.165) is 18.7 Å². The standard InChI is InChI=1S/C19H23N3O/c20-19(21-17-6-2-1-3-7-17)23-18-10-8-16(9-11-18)12-15-22-13-4-5-14-22/h1-3,6-11H,4-5,12-15H2,(H2,20,21). The van der Waals surface area contributed by atoms with Gasteiger partial charge in [0.25, 0.3) is 6.02 Å². The van der Waals surface area contributed by atoms with Crippen molar-refractivity contribution in [1.29, 1.82) is 0 Å². The lowest BCUT2D eigenvalue weighted by atomic mass is 10.1. The van der Waals surface area contributed by atoms with Crippen LogP contribution < -0.4 is 10.5 Å². The van der Waals surface area contributed by atoms with Crippen molar-refractivity contribution in [2.75, 3.05) is 19.6 Å². The van der Waals surface area contributed by atoms with Gasteiger partial charge in [0, 0.05) is 6.54 Å². The van der Waals surface area contributed by atoms with Crippen LogP contribution in [-0.2, 0) is 6.42 Å². The number of amidine groups is 1. The van der Waals surface area contributed by atoms with Crippen LogP contribution in [0.15, 0.2) is 59.6 Å². The van der Waals surface area contributed by atoms with Crippen LogP contribution in [0.3, 0.4) is 0 Å². The minimum atomic E-state index is 0.154. The van der Waals surface area contributed by atoms with Crippen molar-refractivity contribution in [3.8, 4) is 5.75 Å². The maximum Gasteiger partial charge on any atom is 0.292 e. The summed E-state index contributed by atoms with van der Waals surface area (Å²) in [4.78, 5) is 6.75. The van der Waals surface area contributed by atoms with Gasteiger partial charge in [-0.1, -0.05) is 30.3 Å². The molecule has 4 heteroatoms. The molecule has 0 spiro atoms. The molecule has 0 saturated carbocycles. The monoisotopic (exact) mass is 309 g/mol. The normalized spacial score (nSPS) is 15.7. The first-order valence-electron chi connectivity index (χ1n) is 8.18. The Morgan fingerprint density at radius 2 is 1.70 bits per heavy atom. The third kappa shape index (κ3) is 4.83. The Hall–Kier alpha value is -2.33. The molecule has 4 nitrogen and oxygen atoms in total. The van der Waals surface area contributed by atoms with E-state index in [1.54, 1.807) is 0 Å². The number of nitrogens with two attached hydrogens (primary N) is 1. The van der Waals surface area contributed by atoms with Gasteiger partial charge in [0.2, 0.25) is 0 Å². The average Bonchev–Trinajstić information content (AvgIpc) is 3.08. The predicted molar refractivity (Wildman–Crippen MR) is 94.2 cm³/mol. The van der Waals surface area contributed by atoms with Gasteiger partial charge in [-0.25, -0.2) is 0 Å². The van der Waals surface area contributed by atoms with Gasteiger partial charge in [-0.05, 0) is 62.2 Å². The summed E-state index contributed by atoms with van der Waals surface area (Å²) in [6.07, 6.45) is 3.76. The maximum atomic E-state index is 5.84. The average molecular weight is 309 g/mol. The molecule has 0 aromatic heterocycles. The number of aliphatic imine (C=N–C) groups is 1. The van der Waals surface area contributed by atoms with Gasteiger partial charge in [0.1, 0.15) is 5.75 Å². The van der Waals surface area contributed by atoms with Crippen LogP contribution in [0.2, 0.25) is 0 Å². The number of likely N-dealkylation sites (tertiary alicyclic amines) is 1. The molecule has 0 unspecified atom stereocenters. The van der Waals surface area contributed by atoms with E-state index in [2.05, 4.69) is 22.0 Å². The second-order valence-electron chi connectivity index (χ2n) is 5.83. The molecule has 3 rings (SSSR count). The minimum Gasteiger partial charge on any atom is -0.426 e. The highest BCUT2D eigenvalue weighted by molar-refractivity contribution is 5.77. The smallest absolute Gasteiger partial charge is 0.292 e. The Morgan fingerprint density at radius 3 is 2.39 bits per heavy atom. The van der Waals surface area contributed by atoms with Gasteiger partial charge in [-0.3, -0.25) is 0 Å². The lowest BCUT2D eigenvalue weighted by Gasteiger charge is -2.14. The second-order valence-corrected chi connectivity index (χ2v) is 5.83. The van der Waals surface area contributed by atoms with Crippen LogP contribution >= 0.6 is 0 Å². The van der Waals surface area contributed by atoms with Gasteiger partial charge in [0.05, 0.1) is 5.69 Å². The van der Waals surface area contributed by atoms with E-state index in [9.17, 15) is 0 Å². The molecular formula is C19H23N3O. The summed E-state index contributed by atoms with van der Waals surface area (Å²) in [7, 11) is 0. The number of ether oxygens (including phenoxy) is 1. The number of nitrogens with zero attached hydrogens (tertiary/aromatic N) is 2. The summed E-state index contributed by atoms with van der Waals surface area (Å²) in [5, 5.41) is 0. The molecule has 0 radical (unpaired) electrons. The van der Waals surface area contributed by atoms with E-state index in [4.69, 9.17) is 10.5 Å². The number of para-hydroxylation sites is 1. The molecule has 0 amide bonds. The van der Waals surface area contributed by atoms with Crippen molar-refractivity contribution >= 4 is 11.7 Å². The summed E-state index contributed by atoms with van der Waals surface area (Å²) >= 11 is 0. The van der Waals surface area contributed by atoms with Gasteiger partial charge in [-0.15, -0.1) is 0 Å². The summed E-state index contributed by atoms with van der Waals surface area (Å²) in [5.74, 6) is 0.715. The molecule has 1 saturated heterocycles. The van der Waals surface area contributed by atoms with E-state index in [-0.39, 0.29) is 6.02 Å². The first-order chi connectivity index (χ1) is 11.3. The Kier molecular flexibility index (Phi) is 5.27. The molecule has 1 fully saturated rings. The second kappa shape index (κ2) is 7.79. The lowest BCUT2D eigenvalue weighted by molar-refractivity contribution is 0.343. The zero-order valence-corrected chi connectivity index (χ0v) is 13.3. The van der Waals surface area contributed by atoms with E-state index in [0.29, 0.717) is 5.75 Å². The molecule has 1 heterocycles. The molecule has 0 atom stereocenters. The molecule has 0 aliphatic carbocycles. The SMILES string of the molecule is NC(=Nc1ccccc1)Oc1ccc(CCN2CCCC2)cc1. The third-order valence-electron chi connectivity index (χ3n) is 4.06. The van der Waals surface area contributed by atoms with Crippen LogP contribution in [-0.4, -0.2) is 30.6 Å². The van der Waals surface area contributed by atoms with Crippen LogP contribution in [0.4, 0.5) is 5.69 Å². The quantitative estimate of drug-likeness (QED) is 0.680. The highest BCUT2D eigenvalue weighted by Gasteiger charge is 2.10. The predicted octanol–water partition coefficient (Wildman–Crippen LogP) is 3.35. The topological polar surface area (TPSA) is 50.9 Å². The summed E-state index contributed by atoms with van der Waals surface area (Å²) in [6.45, 7) is 3.62. The summed E-state index contributed by atoms with van der Waals surface area (Å²) in [5.41, 5.74) is 7.94. The third-order valence-corrected chi connectivity index (χ3v) is 4.06. The number of benzene rings is 2. The fourth-order valence-electron chi connectivity index (χ4n) is 2.79. The Labute approximate surface area is 137 Å². The number of rotatable bonds is 5. The molecular weight excluding hydrogens is 286 g/mol. The molecule has 23 heavy (non-hydrogen) atoms. The Morgan fingerprint density at radius 1 is 1.00 bits per heavy atom. The zero-order chi connectivity index (χ0) is 15.9. The van der Waals surface area contributed by atoms with E-state index < -0.39 is 0 Å². The van der Waals surface area contributed by atoms with Crippen molar-refractivity contribution in [2.45, 2.75) is 19.3 Å². The maximum absolute atomic E-state index is 5.84. The van der Waals surface area contributed by atoms with Gasteiger partial charge < -0.3 is 15.4 Å². The van der Waals surface area contributed by atoms with Crippen molar-refractivity contribution in [2.24, 2.45) is 10.7 Å². The minimum absolute atomic E-state index is 0.154. The Bertz CT molecular complexity index is 631. The number of hydrogen-bond donors (Lipinski definition) is 1. The fourth-order valence-corrected chi connectivity index (χ4v) is 2.79. The fraction of sp³-hybridized carbons (Fsp3) is 0.316. The van der Waals surface area contributed by atoms with Crippen LogP contribution in [0.1, 0.15) is 18.4 Å². The highest BCUT2D eigenvalue weighted by Crippen LogP contribution is 2.15. The van der Waals surface area contributed by atoms with E-state index in [1.165, 1.54) is 31.5 Å². The number of hydrogen-bond acceptors (Lipinski definition) is 3. The first-order valence-corrected chi connectivity index (χ1v) is 8.18. The van der Waals surface area contributed by atoms with Gasteiger partial charge >= 0.3 is 0 Å². The van der Waals surface area contributed by atoms with Gasteiger partial charge in [0.15, 0.2) is 0 Å². The van der Waals surface area contributed by atoms with E-state index in [1.807, 2.05) is 42.5 Å². The Balaban J connectivity index is 1.53. The molecule has 2 aromatic rings. The van der Waals surface area contributed by atoms with Crippen molar-refractivity contribution < 1.29 is 4.74 Å². The molecule has 1 aliphatic rings. The van der Waals surface area contributed by atoms with E-state index >= 15 is 0 Å². The molecule has 1 aliphatic heterocycles. The lowest BCUT2D eigenvalue weighted by Crippen LogP contribution is -2.22. The summed E-state index contributed by atoms with van der Waals surface area (Å²) < 4.78 is 5.57. The molecule has 2 N–H and O–H groups in total. The largest absolute Gasteiger partial charge is 0.426 e. The molecule has 120 valence electrons. The van der Waals surface area contributed by atoms with Crippen molar-refractivity contribution in [3.63, 3.8) is 0 Å². The summed E-state index contributed by atoms with van der Waals surface area (Å²) in [6, 6.07) is 17.8. The zero-order valence-electron chi connectivity index (χ0n) is 13.3. The van der Waals surface area contributed by atoms with Gasteiger partial charge in [-0.2, -0.15) is 4.99 Å². The van der Waals surface area contributed by atoms with Crippen LogP contribution in [0, 0.1) is 0 Å². The highest BCUT2D eigenvalue weighted by atomic mass is 16.5. The first kappa shape index (κ1) is 15.6. The van der Waals surface area contributed by atoms with Crippen molar-refractivity contribution in [1.82, 2.24) is 4.90 Å². The molecule has 0 bridgehead atoms.